The first-order chi connectivity index (χ1) is 13.7. The Bertz CT molecular complexity index is 930. The second-order valence-corrected chi connectivity index (χ2v) is 7.80. The van der Waals surface area contributed by atoms with Crippen LogP contribution in [0.2, 0.25) is 0 Å². The fourth-order valence-electron chi connectivity index (χ4n) is 3.53. The first-order valence-electron chi connectivity index (χ1n) is 9.24. The number of rotatable bonds is 7. The zero-order valence-corrected chi connectivity index (χ0v) is 16.4. The summed E-state index contributed by atoms with van der Waals surface area (Å²) in [5.41, 5.74) is 2.99. The number of allylic oxidation sites excluding steroid dienone is 1. The second kappa shape index (κ2) is 8.34. The molecule has 2 aromatic rings. The van der Waals surface area contributed by atoms with E-state index in [1.54, 1.807) is 7.11 Å². The maximum absolute atomic E-state index is 12.8. The van der Waals surface area contributed by atoms with Gasteiger partial charge in [-0.2, -0.15) is 4.98 Å². The Hall–Kier alpha value is -2.36. The van der Waals surface area contributed by atoms with Crippen LogP contribution in [-0.2, 0) is 38.5 Å². The van der Waals surface area contributed by atoms with Crippen molar-refractivity contribution in [2.45, 2.75) is 38.7 Å². The molecule has 148 valence electrons. The largest absolute Gasteiger partial charge is 0.384 e. The molecule has 0 saturated heterocycles. The van der Waals surface area contributed by atoms with Gasteiger partial charge in [-0.3, -0.25) is 9.59 Å². The van der Waals surface area contributed by atoms with Gasteiger partial charge in [0, 0.05) is 29.6 Å². The van der Waals surface area contributed by atoms with Gasteiger partial charge in [-0.05, 0) is 31.2 Å². The Labute approximate surface area is 165 Å². The highest BCUT2D eigenvalue weighted by Gasteiger charge is 2.28. The summed E-state index contributed by atoms with van der Waals surface area (Å²) in [4.78, 5) is 29.5. The maximum Gasteiger partial charge on any atom is 0.261 e. The standard InChI is InChI=1S/C19H21N3O5S/c1-25-7-6-15-20-18(27-22-15)16-13-5-8-26-10-14(13)28-19(16)21-17(24)12-4-2-3-11(12)9-23/h9H,2-8,10H2,1H3,(H,21,24). The van der Waals surface area contributed by atoms with E-state index < -0.39 is 0 Å². The van der Waals surface area contributed by atoms with Gasteiger partial charge in [-0.15, -0.1) is 11.3 Å². The van der Waals surface area contributed by atoms with Crippen LogP contribution in [0.15, 0.2) is 15.7 Å². The lowest BCUT2D eigenvalue weighted by Gasteiger charge is -2.12. The molecule has 2 aliphatic rings. The van der Waals surface area contributed by atoms with E-state index in [1.165, 1.54) is 11.3 Å². The van der Waals surface area contributed by atoms with Crippen LogP contribution in [0.25, 0.3) is 11.5 Å². The summed E-state index contributed by atoms with van der Waals surface area (Å²) >= 11 is 1.46. The zero-order valence-electron chi connectivity index (χ0n) is 15.6. The molecule has 0 spiro atoms. The summed E-state index contributed by atoms with van der Waals surface area (Å²) in [5.74, 6) is 0.708. The van der Waals surface area contributed by atoms with Crippen molar-refractivity contribution in [2.75, 3.05) is 25.6 Å². The van der Waals surface area contributed by atoms with E-state index >= 15 is 0 Å². The molecule has 28 heavy (non-hydrogen) atoms. The highest BCUT2D eigenvalue weighted by molar-refractivity contribution is 7.17. The van der Waals surface area contributed by atoms with E-state index in [0.717, 1.165) is 35.1 Å². The van der Waals surface area contributed by atoms with E-state index in [4.69, 9.17) is 14.0 Å². The number of hydrogen-bond acceptors (Lipinski definition) is 8. The summed E-state index contributed by atoms with van der Waals surface area (Å²) in [6.07, 6.45) is 4.15. The molecule has 4 rings (SSSR count). The summed E-state index contributed by atoms with van der Waals surface area (Å²) < 4.78 is 16.1. The van der Waals surface area contributed by atoms with Crippen LogP contribution in [0.4, 0.5) is 5.00 Å². The minimum Gasteiger partial charge on any atom is -0.384 e. The van der Waals surface area contributed by atoms with E-state index in [9.17, 15) is 9.59 Å². The lowest BCUT2D eigenvalue weighted by molar-refractivity contribution is -0.113. The number of thiophene rings is 1. The number of ether oxygens (including phenoxy) is 2. The first-order valence-corrected chi connectivity index (χ1v) is 10.1. The Kier molecular flexibility index (Phi) is 5.65. The lowest BCUT2D eigenvalue weighted by atomic mass is 10.1. The number of aromatic nitrogens is 2. The van der Waals surface area contributed by atoms with Crippen LogP contribution in [0.1, 0.15) is 35.5 Å². The fourth-order valence-corrected chi connectivity index (χ4v) is 4.70. The van der Waals surface area contributed by atoms with E-state index in [0.29, 0.717) is 66.9 Å². The molecular weight excluding hydrogens is 382 g/mol. The summed E-state index contributed by atoms with van der Waals surface area (Å²) in [6, 6.07) is 0. The normalized spacial score (nSPS) is 16.3. The molecule has 2 aromatic heterocycles. The van der Waals surface area contributed by atoms with Crippen LogP contribution in [0.3, 0.4) is 0 Å². The topological polar surface area (TPSA) is 104 Å². The highest BCUT2D eigenvalue weighted by atomic mass is 32.1. The number of hydrogen-bond donors (Lipinski definition) is 1. The molecule has 1 aliphatic heterocycles. The quantitative estimate of drug-likeness (QED) is 0.709. The first kappa shape index (κ1) is 19.0. The van der Waals surface area contributed by atoms with Crippen LogP contribution in [0.5, 0.6) is 0 Å². The number of nitrogens with zero attached hydrogens (tertiary/aromatic N) is 2. The van der Waals surface area contributed by atoms with E-state index in [1.807, 2.05) is 0 Å². The van der Waals surface area contributed by atoms with Crippen molar-refractivity contribution >= 4 is 28.5 Å². The van der Waals surface area contributed by atoms with Gasteiger partial charge in [0.2, 0.25) is 0 Å². The smallest absolute Gasteiger partial charge is 0.261 e. The molecule has 0 unspecified atom stereocenters. The maximum atomic E-state index is 12.8. The summed E-state index contributed by atoms with van der Waals surface area (Å²) in [5, 5.41) is 7.66. The van der Waals surface area contributed by atoms with Crippen molar-refractivity contribution in [3.05, 3.63) is 27.4 Å². The van der Waals surface area contributed by atoms with Crippen molar-refractivity contribution in [3.8, 4) is 11.5 Å². The second-order valence-electron chi connectivity index (χ2n) is 6.70. The third kappa shape index (κ3) is 3.65. The molecule has 0 fully saturated rings. The van der Waals surface area contributed by atoms with Gasteiger partial charge in [-0.1, -0.05) is 5.16 Å². The van der Waals surface area contributed by atoms with Crippen molar-refractivity contribution in [1.29, 1.82) is 0 Å². The molecule has 8 nitrogen and oxygen atoms in total. The van der Waals surface area contributed by atoms with Crippen LogP contribution >= 0.6 is 11.3 Å². The van der Waals surface area contributed by atoms with Gasteiger partial charge in [-0.25, -0.2) is 0 Å². The van der Waals surface area contributed by atoms with Gasteiger partial charge in [0.15, 0.2) is 5.82 Å². The van der Waals surface area contributed by atoms with Crippen LogP contribution in [0, 0.1) is 0 Å². The molecule has 1 N–H and O–H groups in total. The third-order valence-electron chi connectivity index (χ3n) is 4.94. The Balaban J connectivity index is 1.67. The number of nitrogens with one attached hydrogen (secondary N) is 1. The van der Waals surface area contributed by atoms with Gasteiger partial charge in [0.1, 0.15) is 11.3 Å². The summed E-state index contributed by atoms with van der Waals surface area (Å²) in [7, 11) is 1.62. The minimum absolute atomic E-state index is 0.237. The number of methoxy groups -OCH3 is 1. The van der Waals surface area contributed by atoms with Crippen molar-refractivity contribution < 1.29 is 23.6 Å². The van der Waals surface area contributed by atoms with Gasteiger partial charge in [0.05, 0.1) is 25.4 Å². The third-order valence-corrected chi connectivity index (χ3v) is 6.06. The average Bonchev–Trinajstić information content (AvgIpc) is 3.43. The number of anilines is 1. The van der Waals surface area contributed by atoms with Gasteiger partial charge >= 0.3 is 0 Å². The van der Waals surface area contributed by atoms with Crippen LogP contribution < -0.4 is 5.32 Å². The van der Waals surface area contributed by atoms with E-state index in [-0.39, 0.29) is 5.91 Å². The number of aldehydes is 1. The Morgan fingerprint density at radius 3 is 3.07 bits per heavy atom. The molecular formula is C19H21N3O5S. The molecule has 0 atom stereocenters. The van der Waals surface area contributed by atoms with Crippen LogP contribution in [-0.4, -0.2) is 42.7 Å². The minimum atomic E-state index is -0.237. The predicted molar refractivity (Wildman–Crippen MR) is 102 cm³/mol. The molecule has 0 aromatic carbocycles. The number of amides is 1. The van der Waals surface area contributed by atoms with Crippen molar-refractivity contribution in [3.63, 3.8) is 0 Å². The number of carbonyl (C=O) groups excluding carboxylic acids is 2. The number of carbonyl (C=O) groups is 2. The SMILES string of the molecule is COCCc1noc(-c2c(NC(=O)C3=C(C=O)CCC3)sc3c2CCOC3)n1. The van der Waals surface area contributed by atoms with Gasteiger partial charge in [0.25, 0.3) is 11.8 Å². The fraction of sp³-hybridized carbons (Fsp3) is 0.474. The molecule has 0 saturated carbocycles. The monoisotopic (exact) mass is 403 g/mol. The van der Waals surface area contributed by atoms with E-state index in [2.05, 4.69) is 15.5 Å². The average molecular weight is 403 g/mol. The Morgan fingerprint density at radius 1 is 1.36 bits per heavy atom. The predicted octanol–water partition coefficient (Wildman–Crippen LogP) is 2.68. The zero-order chi connectivity index (χ0) is 19.5. The molecule has 1 aliphatic carbocycles. The molecule has 9 heteroatoms. The molecule has 1 amide bonds. The summed E-state index contributed by atoms with van der Waals surface area (Å²) in [6.45, 7) is 1.60. The molecule has 0 bridgehead atoms. The number of fused-ring (bicyclic) bond motifs is 1. The van der Waals surface area contributed by atoms with Gasteiger partial charge < -0.3 is 19.3 Å². The van der Waals surface area contributed by atoms with Crippen molar-refractivity contribution in [1.82, 2.24) is 10.1 Å². The molecule has 0 radical (unpaired) electrons. The Morgan fingerprint density at radius 2 is 2.25 bits per heavy atom. The van der Waals surface area contributed by atoms with Crippen molar-refractivity contribution in [2.24, 2.45) is 0 Å². The lowest BCUT2D eigenvalue weighted by Crippen LogP contribution is -2.14. The highest BCUT2D eigenvalue weighted by Crippen LogP contribution is 2.43. The molecule has 3 heterocycles.